The van der Waals surface area contributed by atoms with E-state index in [0.29, 0.717) is 17.7 Å². The zero-order chi connectivity index (χ0) is 20.5. The molecule has 0 saturated heterocycles. The van der Waals surface area contributed by atoms with Gasteiger partial charge in [0.05, 0.1) is 23.2 Å². The van der Waals surface area contributed by atoms with Gasteiger partial charge in [-0.25, -0.2) is 0 Å². The molecule has 2 aromatic carbocycles. The molecule has 0 bridgehead atoms. The molecule has 2 unspecified atom stereocenters. The number of esters is 1. The van der Waals surface area contributed by atoms with Gasteiger partial charge in [0.1, 0.15) is 0 Å². The lowest BCUT2D eigenvalue weighted by molar-refractivity contribution is -0.151. The fraction of sp³-hybridized carbons (Fsp3) is 0.318. The molecule has 0 radical (unpaired) electrons. The first kappa shape index (κ1) is 21.2. The van der Waals surface area contributed by atoms with Crippen LogP contribution >= 0.6 is 0 Å². The lowest BCUT2D eigenvalue weighted by atomic mass is 10.1. The third-order valence-corrected chi connectivity index (χ3v) is 4.45. The predicted molar refractivity (Wildman–Crippen MR) is 108 cm³/mol. The number of hydrogen-bond acceptors (Lipinski definition) is 4. The van der Waals surface area contributed by atoms with Crippen LogP contribution in [0.1, 0.15) is 49.2 Å². The highest BCUT2D eigenvalue weighted by Crippen LogP contribution is 2.18. The summed E-state index contributed by atoms with van der Waals surface area (Å²) in [7, 11) is 0. The van der Waals surface area contributed by atoms with Gasteiger partial charge in [0.15, 0.2) is 6.61 Å². The van der Waals surface area contributed by atoms with Gasteiger partial charge >= 0.3 is 5.97 Å². The first-order valence-electron chi connectivity index (χ1n) is 9.33. The molecule has 0 fully saturated rings. The largest absolute Gasteiger partial charge is 0.455 e. The molecule has 2 rings (SSSR count). The number of anilines is 1. The Bertz CT molecular complexity index is 820. The van der Waals surface area contributed by atoms with E-state index in [9.17, 15) is 14.4 Å². The SMILES string of the molecule is CCC(C)C(=O)OCC(=O)Nc1ccccc1C(=O)NC(C)c1ccccc1. The van der Waals surface area contributed by atoms with E-state index in [1.54, 1.807) is 31.2 Å². The molecule has 148 valence electrons. The summed E-state index contributed by atoms with van der Waals surface area (Å²) < 4.78 is 5.00. The topological polar surface area (TPSA) is 84.5 Å². The molecule has 2 amide bonds. The van der Waals surface area contributed by atoms with E-state index in [0.717, 1.165) is 5.56 Å². The fourth-order valence-corrected chi connectivity index (χ4v) is 2.52. The Labute approximate surface area is 165 Å². The van der Waals surface area contributed by atoms with Gasteiger partial charge in [-0.1, -0.05) is 56.3 Å². The maximum Gasteiger partial charge on any atom is 0.309 e. The fourth-order valence-electron chi connectivity index (χ4n) is 2.52. The van der Waals surface area contributed by atoms with Crippen molar-refractivity contribution in [2.75, 3.05) is 11.9 Å². The molecular formula is C22H26N2O4. The van der Waals surface area contributed by atoms with Gasteiger partial charge in [-0.2, -0.15) is 0 Å². The van der Waals surface area contributed by atoms with Crippen LogP contribution < -0.4 is 10.6 Å². The number of ether oxygens (including phenoxy) is 1. The van der Waals surface area contributed by atoms with Crippen LogP contribution in [0.3, 0.4) is 0 Å². The highest BCUT2D eigenvalue weighted by Gasteiger charge is 2.17. The van der Waals surface area contributed by atoms with E-state index in [4.69, 9.17) is 4.74 Å². The number of amides is 2. The Morgan fingerprint density at radius 2 is 1.61 bits per heavy atom. The van der Waals surface area contributed by atoms with E-state index in [1.807, 2.05) is 44.2 Å². The molecule has 0 aliphatic rings. The molecule has 0 spiro atoms. The summed E-state index contributed by atoms with van der Waals surface area (Å²) in [6.07, 6.45) is 0.642. The van der Waals surface area contributed by atoms with Gasteiger partial charge in [-0.3, -0.25) is 14.4 Å². The van der Waals surface area contributed by atoms with Crippen molar-refractivity contribution in [2.45, 2.75) is 33.2 Å². The number of carbonyl (C=O) groups excluding carboxylic acids is 3. The Kier molecular flexibility index (Phi) is 7.75. The molecule has 0 aromatic heterocycles. The zero-order valence-electron chi connectivity index (χ0n) is 16.4. The molecule has 0 aliphatic heterocycles. The van der Waals surface area contributed by atoms with E-state index in [1.165, 1.54) is 0 Å². The highest BCUT2D eigenvalue weighted by atomic mass is 16.5. The van der Waals surface area contributed by atoms with Crippen molar-refractivity contribution in [3.8, 4) is 0 Å². The summed E-state index contributed by atoms with van der Waals surface area (Å²) in [6.45, 7) is 5.12. The molecule has 0 saturated carbocycles. The number of rotatable bonds is 8. The molecule has 2 aromatic rings. The van der Waals surface area contributed by atoms with Crippen LogP contribution in [0.5, 0.6) is 0 Å². The van der Waals surface area contributed by atoms with Crippen molar-refractivity contribution in [3.05, 3.63) is 65.7 Å². The van der Waals surface area contributed by atoms with Crippen molar-refractivity contribution in [2.24, 2.45) is 5.92 Å². The molecule has 2 atom stereocenters. The van der Waals surface area contributed by atoms with Gasteiger partial charge in [0.2, 0.25) is 0 Å². The van der Waals surface area contributed by atoms with Gasteiger partial charge in [0, 0.05) is 0 Å². The van der Waals surface area contributed by atoms with Crippen molar-refractivity contribution in [3.63, 3.8) is 0 Å². The van der Waals surface area contributed by atoms with E-state index >= 15 is 0 Å². The average Bonchev–Trinajstić information content (AvgIpc) is 2.72. The van der Waals surface area contributed by atoms with Crippen LogP contribution in [-0.4, -0.2) is 24.4 Å². The smallest absolute Gasteiger partial charge is 0.309 e. The standard InChI is InChI=1S/C22H26N2O4/c1-4-15(2)22(27)28-14-20(25)24-19-13-9-8-12-18(19)21(26)23-16(3)17-10-6-5-7-11-17/h5-13,15-16H,4,14H2,1-3H3,(H,23,26)(H,24,25). The monoisotopic (exact) mass is 382 g/mol. The summed E-state index contributed by atoms with van der Waals surface area (Å²) in [5.74, 6) is -1.47. The second-order valence-electron chi connectivity index (χ2n) is 6.62. The van der Waals surface area contributed by atoms with Crippen LogP contribution in [-0.2, 0) is 14.3 Å². The first-order chi connectivity index (χ1) is 13.4. The summed E-state index contributed by atoms with van der Waals surface area (Å²) in [4.78, 5) is 36.5. The van der Waals surface area contributed by atoms with Gasteiger partial charge in [-0.15, -0.1) is 0 Å². The van der Waals surface area contributed by atoms with Gasteiger partial charge in [-0.05, 0) is 31.0 Å². The summed E-state index contributed by atoms with van der Waals surface area (Å²) in [5.41, 5.74) is 1.69. The molecule has 2 N–H and O–H groups in total. The van der Waals surface area contributed by atoms with Gasteiger partial charge < -0.3 is 15.4 Å². The minimum Gasteiger partial charge on any atom is -0.455 e. The number of carbonyl (C=O) groups is 3. The van der Waals surface area contributed by atoms with Crippen molar-refractivity contribution >= 4 is 23.5 Å². The Hall–Kier alpha value is -3.15. The Balaban J connectivity index is 2.00. The van der Waals surface area contributed by atoms with Crippen molar-refractivity contribution < 1.29 is 19.1 Å². The average molecular weight is 382 g/mol. The lowest BCUT2D eigenvalue weighted by Crippen LogP contribution is -2.29. The second kappa shape index (κ2) is 10.3. The molecule has 0 aliphatic carbocycles. The maximum atomic E-state index is 12.7. The van der Waals surface area contributed by atoms with Crippen LogP contribution in [0.4, 0.5) is 5.69 Å². The summed E-state index contributed by atoms with van der Waals surface area (Å²) in [5, 5.41) is 5.56. The van der Waals surface area contributed by atoms with E-state index < -0.39 is 11.9 Å². The van der Waals surface area contributed by atoms with Crippen molar-refractivity contribution in [1.29, 1.82) is 0 Å². The Morgan fingerprint density at radius 3 is 2.29 bits per heavy atom. The van der Waals surface area contributed by atoms with E-state index in [2.05, 4.69) is 10.6 Å². The minimum atomic E-state index is -0.493. The number of para-hydroxylation sites is 1. The third-order valence-electron chi connectivity index (χ3n) is 4.45. The van der Waals surface area contributed by atoms with Crippen LogP contribution in [0.2, 0.25) is 0 Å². The predicted octanol–water partition coefficient (Wildman–Crippen LogP) is 3.71. The third kappa shape index (κ3) is 5.94. The number of hydrogen-bond donors (Lipinski definition) is 2. The molecule has 0 heterocycles. The zero-order valence-corrected chi connectivity index (χ0v) is 16.4. The molecular weight excluding hydrogens is 356 g/mol. The molecule has 6 nitrogen and oxygen atoms in total. The normalized spacial score (nSPS) is 12.5. The minimum absolute atomic E-state index is 0.186. The lowest BCUT2D eigenvalue weighted by Gasteiger charge is -2.16. The molecule has 28 heavy (non-hydrogen) atoms. The Morgan fingerprint density at radius 1 is 0.964 bits per heavy atom. The van der Waals surface area contributed by atoms with E-state index in [-0.39, 0.29) is 24.5 Å². The van der Waals surface area contributed by atoms with Crippen LogP contribution in [0, 0.1) is 5.92 Å². The van der Waals surface area contributed by atoms with Crippen molar-refractivity contribution in [1.82, 2.24) is 5.32 Å². The highest BCUT2D eigenvalue weighted by molar-refractivity contribution is 6.04. The molecule has 6 heteroatoms. The van der Waals surface area contributed by atoms with Crippen LogP contribution in [0.25, 0.3) is 0 Å². The quantitative estimate of drug-likeness (QED) is 0.682. The number of nitrogens with one attached hydrogen (secondary N) is 2. The second-order valence-corrected chi connectivity index (χ2v) is 6.62. The maximum absolute atomic E-state index is 12.7. The number of benzene rings is 2. The first-order valence-corrected chi connectivity index (χ1v) is 9.33. The summed E-state index contributed by atoms with van der Waals surface area (Å²) >= 11 is 0. The van der Waals surface area contributed by atoms with Gasteiger partial charge in [0.25, 0.3) is 11.8 Å². The summed E-state index contributed by atoms with van der Waals surface area (Å²) in [6, 6.07) is 16.1. The van der Waals surface area contributed by atoms with Crippen LogP contribution in [0.15, 0.2) is 54.6 Å².